The number of hydrogen-bond donors (Lipinski definition) is 1. The van der Waals surface area contributed by atoms with Crippen molar-refractivity contribution in [3.8, 4) is 0 Å². The Kier molecular flexibility index (Phi) is 1.24. The molecule has 52 valence electrons. The van der Waals surface area contributed by atoms with Crippen molar-refractivity contribution in [2.75, 3.05) is 19.8 Å². The van der Waals surface area contributed by atoms with Crippen LogP contribution in [0.3, 0.4) is 0 Å². The van der Waals surface area contributed by atoms with Crippen molar-refractivity contribution in [2.45, 2.75) is 24.8 Å². The third-order valence-electron chi connectivity index (χ3n) is 2.44. The summed E-state index contributed by atoms with van der Waals surface area (Å²) < 4.78 is 5.32. The quantitative estimate of drug-likeness (QED) is 0.512. The summed E-state index contributed by atoms with van der Waals surface area (Å²) >= 11 is 0. The largest absolute Gasteiger partial charge is 0.379 e. The summed E-state index contributed by atoms with van der Waals surface area (Å²) in [5, 5.41) is 3.51. The Labute approximate surface area is 55.6 Å². The normalized spacial score (nSPS) is 42.7. The molecule has 9 heavy (non-hydrogen) atoms. The second kappa shape index (κ2) is 1.96. The van der Waals surface area contributed by atoms with Crippen LogP contribution in [-0.4, -0.2) is 25.3 Å². The van der Waals surface area contributed by atoms with Crippen LogP contribution in [0.4, 0.5) is 0 Å². The lowest BCUT2D eigenvalue weighted by Crippen LogP contribution is -2.39. The van der Waals surface area contributed by atoms with Gasteiger partial charge in [0, 0.05) is 12.1 Å². The minimum Gasteiger partial charge on any atom is -0.379 e. The second-order valence-corrected chi connectivity index (χ2v) is 3.11. The van der Waals surface area contributed by atoms with E-state index in [9.17, 15) is 0 Å². The Morgan fingerprint density at radius 3 is 2.89 bits per heavy atom. The highest BCUT2D eigenvalue weighted by molar-refractivity contribution is 4.95. The molecule has 2 aliphatic heterocycles. The SMILES string of the molecule is C1CN[C@]2(C1)CCOC2. The van der Waals surface area contributed by atoms with Crippen LogP contribution in [0.5, 0.6) is 0 Å². The lowest BCUT2D eigenvalue weighted by atomic mass is 9.97. The highest BCUT2D eigenvalue weighted by Crippen LogP contribution is 2.27. The first-order valence-corrected chi connectivity index (χ1v) is 3.74. The molecule has 0 aromatic carbocycles. The predicted molar refractivity (Wildman–Crippen MR) is 35.4 cm³/mol. The molecule has 1 atom stereocenters. The van der Waals surface area contributed by atoms with Gasteiger partial charge in [0.05, 0.1) is 6.61 Å². The number of hydrogen-bond acceptors (Lipinski definition) is 2. The Morgan fingerprint density at radius 1 is 1.33 bits per heavy atom. The fourth-order valence-electron chi connectivity index (χ4n) is 1.81. The minimum absolute atomic E-state index is 0.417. The van der Waals surface area contributed by atoms with E-state index in [2.05, 4.69) is 5.32 Å². The van der Waals surface area contributed by atoms with Crippen molar-refractivity contribution < 1.29 is 4.74 Å². The van der Waals surface area contributed by atoms with Crippen LogP contribution in [0.25, 0.3) is 0 Å². The van der Waals surface area contributed by atoms with Gasteiger partial charge in [0.25, 0.3) is 0 Å². The third kappa shape index (κ3) is 0.864. The molecule has 1 N–H and O–H groups in total. The van der Waals surface area contributed by atoms with Gasteiger partial charge in [-0.3, -0.25) is 0 Å². The number of nitrogens with one attached hydrogen (secondary N) is 1. The zero-order valence-corrected chi connectivity index (χ0v) is 5.65. The molecule has 2 nitrogen and oxygen atoms in total. The summed E-state index contributed by atoms with van der Waals surface area (Å²) in [6, 6.07) is 0. The monoisotopic (exact) mass is 127 g/mol. The molecule has 2 aliphatic rings. The van der Waals surface area contributed by atoms with E-state index in [0.717, 1.165) is 13.2 Å². The first kappa shape index (κ1) is 5.69. The molecule has 0 aromatic heterocycles. The highest BCUT2D eigenvalue weighted by atomic mass is 16.5. The van der Waals surface area contributed by atoms with Crippen LogP contribution >= 0.6 is 0 Å². The molecule has 0 radical (unpaired) electrons. The van der Waals surface area contributed by atoms with Crippen molar-refractivity contribution in [1.82, 2.24) is 5.32 Å². The van der Waals surface area contributed by atoms with Crippen LogP contribution in [-0.2, 0) is 4.74 Å². The zero-order valence-electron chi connectivity index (χ0n) is 5.65. The molecule has 0 unspecified atom stereocenters. The molecule has 0 saturated carbocycles. The Bertz CT molecular complexity index is 84.0. The van der Waals surface area contributed by atoms with Gasteiger partial charge in [-0.2, -0.15) is 0 Å². The number of ether oxygens (including phenoxy) is 1. The fraction of sp³-hybridized carbons (Fsp3) is 1.00. The van der Waals surface area contributed by atoms with Gasteiger partial charge >= 0.3 is 0 Å². The predicted octanol–water partition coefficient (Wildman–Crippen LogP) is 0.529. The first-order valence-electron chi connectivity index (χ1n) is 3.74. The number of rotatable bonds is 0. The lowest BCUT2D eigenvalue weighted by molar-refractivity contribution is 0.173. The standard InChI is InChI=1S/C7H13NO/c1-2-7(8-4-1)3-5-9-6-7/h8H,1-6H2/t7-/m1/s1. The molecular formula is C7H13NO. The molecule has 2 rings (SSSR count). The summed E-state index contributed by atoms with van der Waals surface area (Å²) in [4.78, 5) is 0. The van der Waals surface area contributed by atoms with E-state index in [1.54, 1.807) is 0 Å². The maximum atomic E-state index is 5.32. The van der Waals surface area contributed by atoms with Crippen LogP contribution < -0.4 is 5.32 Å². The van der Waals surface area contributed by atoms with E-state index in [1.165, 1.54) is 25.8 Å². The van der Waals surface area contributed by atoms with Gasteiger partial charge in [-0.15, -0.1) is 0 Å². The average Bonchev–Trinajstić information content (AvgIpc) is 2.45. The van der Waals surface area contributed by atoms with E-state index in [-0.39, 0.29) is 0 Å². The Hall–Kier alpha value is -0.0800. The van der Waals surface area contributed by atoms with Gasteiger partial charge in [0.2, 0.25) is 0 Å². The van der Waals surface area contributed by atoms with E-state index in [4.69, 9.17) is 4.74 Å². The first-order chi connectivity index (χ1) is 4.41. The van der Waals surface area contributed by atoms with Crippen LogP contribution in [0.1, 0.15) is 19.3 Å². The topological polar surface area (TPSA) is 21.3 Å². The molecular weight excluding hydrogens is 114 g/mol. The van der Waals surface area contributed by atoms with Crippen LogP contribution in [0.15, 0.2) is 0 Å². The van der Waals surface area contributed by atoms with Crippen LogP contribution in [0, 0.1) is 0 Å². The van der Waals surface area contributed by atoms with Gasteiger partial charge in [-0.1, -0.05) is 0 Å². The molecule has 1 spiro atoms. The molecule has 0 bridgehead atoms. The molecule has 0 amide bonds. The van der Waals surface area contributed by atoms with Crippen LogP contribution in [0.2, 0.25) is 0 Å². The molecule has 2 heterocycles. The van der Waals surface area contributed by atoms with E-state index in [1.807, 2.05) is 0 Å². The molecule has 0 aromatic rings. The Balaban J connectivity index is 2.04. The van der Waals surface area contributed by atoms with Crippen molar-refractivity contribution in [1.29, 1.82) is 0 Å². The molecule has 2 fully saturated rings. The van der Waals surface area contributed by atoms with Gasteiger partial charge in [-0.25, -0.2) is 0 Å². The van der Waals surface area contributed by atoms with E-state index >= 15 is 0 Å². The third-order valence-corrected chi connectivity index (χ3v) is 2.44. The summed E-state index contributed by atoms with van der Waals surface area (Å²) in [7, 11) is 0. The second-order valence-electron chi connectivity index (χ2n) is 3.11. The van der Waals surface area contributed by atoms with Crippen molar-refractivity contribution in [3.05, 3.63) is 0 Å². The average molecular weight is 127 g/mol. The fourth-order valence-corrected chi connectivity index (χ4v) is 1.81. The van der Waals surface area contributed by atoms with Crippen molar-refractivity contribution >= 4 is 0 Å². The highest BCUT2D eigenvalue weighted by Gasteiger charge is 2.36. The van der Waals surface area contributed by atoms with E-state index < -0.39 is 0 Å². The van der Waals surface area contributed by atoms with Gasteiger partial charge < -0.3 is 10.1 Å². The van der Waals surface area contributed by atoms with Gasteiger partial charge in [0.15, 0.2) is 0 Å². The maximum Gasteiger partial charge on any atom is 0.0649 e. The molecule has 2 saturated heterocycles. The maximum absolute atomic E-state index is 5.32. The molecule has 2 heteroatoms. The smallest absolute Gasteiger partial charge is 0.0649 e. The van der Waals surface area contributed by atoms with Gasteiger partial charge in [0.1, 0.15) is 0 Å². The summed E-state index contributed by atoms with van der Waals surface area (Å²) in [5.74, 6) is 0. The van der Waals surface area contributed by atoms with E-state index in [0.29, 0.717) is 5.54 Å². The molecule has 0 aliphatic carbocycles. The zero-order chi connectivity index (χ0) is 6.16. The minimum atomic E-state index is 0.417. The summed E-state index contributed by atoms with van der Waals surface area (Å²) in [5.41, 5.74) is 0.417. The lowest BCUT2D eigenvalue weighted by Gasteiger charge is -2.19. The van der Waals surface area contributed by atoms with Gasteiger partial charge in [-0.05, 0) is 25.8 Å². The summed E-state index contributed by atoms with van der Waals surface area (Å²) in [6.07, 6.45) is 3.89. The van der Waals surface area contributed by atoms with Crippen molar-refractivity contribution in [3.63, 3.8) is 0 Å². The Morgan fingerprint density at radius 2 is 2.33 bits per heavy atom. The summed E-state index contributed by atoms with van der Waals surface area (Å²) in [6.45, 7) is 3.11. The van der Waals surface area contributed by atoms with Crippen molar-refractivity contribution in [2.24, 2.45) is 0 Å².